The van der Waals surface area contributed by atoms with E-state index in [9.17, 15) is 4.79 Å². The Kier molecular flexibility index (Phi) is 10.4. The minimum absolute atomic E-state index is 0.103. The SMILES string of the molecule is C=C/C=C\C(=C/CC)SNC1CCCc2ccc(N(Cc3nccn3C)C(=O)C[C@H](C)c3ccccc3)cc21. The number of nitrogens with one attached hydrogen (secondary N) is 1. The molecule has 0 aliphatic heterocycles. The van der Waals surface area contributed by atoms with Gasteiger partial charge in [0.05, 0.1) is 6.54 Å². The number of hydrogen-bond acceptors (Lipinski definition) is 4. The summed E-state index contributed by atoms with van der Waals surface area (Å²) >= 11 is 1.67. The second kappa shape index (κ2) is 14.2. The Hall–Kier alpha value is -3.35. The third-order valence-corrected chi connectivity index (χ3v) is 8.19. The molecule has 5 nitrogen and oxygen atoms in total. The molecule has 1 N–H and O–H groups in total. The molecule has 39 heavy (non-hydrogen) atoms. The minimum atomic E-state index is 0.103. The van der Waals surface area contributed by atoms with Crippen LogP contribution in [0.1, 0.15) is 74.0 Å². The number of benzene rings is 2. The number of hydrogen-bond donors (Lipinski definition) is 1. The molecule has 1 aliphatic carbocycles. The van der Waals surface area contributed by atoms with Crippen molar-refractivity contribution in [3.63, 3.8) is 0 Å². The van der Waals surface area contributed by atoms with Crippen molar-refractivity contribution in [2.24, 2.45) is 7.05 Å². The predicted octanol–water partition coefficient (Wildman–Crippen LogP) is 7.80. The summed E-state index contributed by atoms with van der Waals surface area (Å²) in [7, 11) is 1.98. The number of carbonyl (C=O) groups is 1. The van der Waals surface area contributed by atoms with Crippen LogP contribution in [0.25, 0.3) is 0 Å². The highest BCUT2D eigenvalue weighted by molar-refractivity contribution is 8.01. The summed E-state index contributed by atoms with van der Waals surface area (Å²) in [6.07, 6.45) is 16.5. The van der Waals surface area contributed by atoms with Crippen molar-refractivity contribution in [2.45, 2.75) is 64.5 Å². The first-order chi connectivity index (χ1) is 19.0. The Morgan fingerprint density at radius 1 is 1.28 bits per heavy atom. The summed E-state index contributed by atoms with van der Waals surface area (Å²) in [5.41, 5.74) is 4.74. The van der Waals surface area contributed by atoms with E-state index < -0.39 is 0 Å². The second-order valence-electron chi connectivity index (χ2n) is 10.1. The number of carbonyl (C=O) groups excluding carboxylic acids is 1. The molecule has 4 rings (SSSR count). The quantitative estimate of drug-likeness (QED) is 0.188. The van der Waals surface area contributed by atoms with E-state index in [4.69, 9.17) is 0 Å². The summed E-state index contributed by atoms with van der Waals surface area (Å²) in [4.78, 5) is 21.5. The Morgan fingerprint density at radius 3 is 2.82 bits per heavy atom. The number of amides is 1. The fraction of sp³-hybridized carbons (Fsp3) is 0.333. The zero-order valence-electron chi connectivity index (χ0n) is 23.3. The molecule has 0 spiro atoms. The second-order valence-corrected chi connectivity index (χ2v) is 11.0. The Bertz CT molecular complexity index is 1310. The van der Waals surface area contributed by atoms with E-state index in [0.29, 0.717) is 13.0 Å². The average molecular weight is 541 g/mol. The average Bonchev–Trinajstić information content (AvgIpc) is 3.37. The fourth-order valence-corrected chi connectivity index (χ4v) is 5.93. The number of aromatic nitrogens is 2. The van der Waals surface area contributed by atoms with Crippen molar-refractivity contribution in [3.05, 3.63) is 119 Å². The van der Waals surface area contributed by atoms with E-state index in [1.807, 2.05) is 47.0 Å². The topological polar surface area (TPSA) is 50.2 Å². The number of imidazole rings is 1. The zero-order valence-corrected chi connectivity index (χ0v) is 24.2. The molecule has 6 heteroatoms. The molecular weight excluding hydrogens is 500 g/mol. The first-order valence-corrected chi connectivity index (χ1v) is 14.7. The van der Waals surface area contributed by atoms with Crippen LogP contribution >= 0.6 is 11.9 Å². The van der Waals surface area contributed by atoms with Crippen LogP contribution < -0.4 is 9.62 Å². The molecule has 204 valence electrons. The van der Waals surface area contributed by atoms with Gasteiger partial charge in [-0.25, -0.2) is 4.98 Å². The highest BCUT2D eigenvalue weighted by Gasteiger charge is 2.25. The van der Waals surface area contributed by atoms with Crippen LogP contribution in [0.15, 0.2) is 96.7 Å². The smallest absolute Gasteiger partial charge is 0.228 e. The predicted molar refractivity (Wildman–Crippen MR) is 164 cm³/mol. The van der Waals surface area contributed by atoms with Crippen molar-refractivity contribution in [3.8, 4) is 0 Å². The van der Waals surface area contributed by atoms with Gasteiger partial charge in [-0.3, -0.25) is 9.52 Å². The third kappa shape index (κ3) is 7.61. The number of allylic oxidation sites excluding steroid dienone is 4. The van der Waals surface area contributed by atoms with Gasteiger partial charge >= 0.3 is 0 Å². The van der Waals surface area contributed by atoms with Gasteiger partial charge in [-0.05, 0) is 78.4 Å². The van der Waals surface area contributed by atoms with Gasteiger partial charge in [0.25, 0.3) is 0 Å². The summed E-state index contributed by atoms with van der Waals surface area (Å²) in [5, 5.41) is 0. The maximum absolute atomic E-state index is 13.8. The fourth-order valence-electron chi connectivity index (χ4n) is 5.01. The van der Waals surface area contributed by atoms with Crippen LogP contribution in [-0.4, -0.2) is 15.5 Å². The van der Waals surface area contributed by atoms with Gasteiger partial charge < -0.3 is 9.47 Å². The lowest BCUT2D eigenvalue weighted by atomic mass is 9.87. The number of rotatable bonds is 12. The third-order valence-electron chi connectivity index (χ3n) is 7.25. The molecule has 1 unspecified atom stereocenters. The summed E-state index contributed by atoms with van der Waals surface area (Å²) in [6.45, 7) is 8.51. The van der Waals surface area contributed by atoms with E-state index in [-0.39, 0.29) is 17.9 Å². The molecule has 3 aromatic rings. The lowest BCUT2D eigenvalue weighted by Gasteiger charge is -2.30. The van der Waals surface area contributed by atoms with Crippen LogP contribution in [0.3, 0.4) is 0 Å². The lowest BCUT2D eigenvalue weighted by Crippen LogP contribution is -2.33. The molecule has 1 amide bonds. The number of aryl methyl sites for hydroxylation is 2. The van der Waals surface area contributed by atoms with E-state index in [1.54, 1.807) is 24.2 Å². The van der Waals surface area contributed by atoms with Gasteiger partial charge in [-0.2, -0.15) is 0 Å². The van der Waals surface area contributed by atoms with Crippen molar-refractivity contribution in [1.82, 2.24) is 14.3 Å². The Labute approximate surface area is 237 Å². The van der Waals surface area contributed by atoms with Crippen LogP contribution in [0.2, 0.25) is 0 Å². The molecule has 1 heterocycles. The Balaban J connectivity index is 1.60. The maximum Gasteiger partial charge on any atom is 0.228 e. The summed E-state index contributed by atoms with van der Waals surface area (Å²) in [6, 6.07) is 17.0. The van der Waals surface area contributed by atoms with Crippen LogP contribution in [0.5, 0.6) is 0 Å². The van der Waals surface area contributed by atoms with Crippen LogP contribution in [0.4, 0.5) is 5.69 Å². The van der Waals surface area contributed by atoms with Crippen LogP contribution in [0, 0.1) is 0 Å². The molecular formula is C33H40N4OS. The van der Waals surface area contributed by atoms with Crippen molar-refractivity contribution in [2.75, 3.05) is 4.90 Å². The highest BCUT2D eigenvalue weighted by Crippen LogP contribution is 2.36. The molecule has 0 saturated carbocycles. The van der Waals surface area contributed by atoms with Gasteiger partial charge in [0.2, 0.25) is 5.91 Å². The van der Waals surface area contributed by atoms with Gasteiger partial charge in [0.1, 0.15) is 5.82 Å². The zero-order chi connectivity index (χ0) is 27.6. The van der Waals surface area contributed by atoms with E-state index in [1.165, 1.54) is 21.6 Å². The van der Waals surface area contributed by atoms with Gasteiger partial charge in [0, 0.05) is 42.5 Å². The number of anilines is 1. The molecule has 0 fully saturated rings. The Morgan fingerprint density at radius 2 is 2.10 bits per heavy atom. The van der Waals surface area contributed by atoms with E-state index in [0.717, 1.165) is 37.2 Å². The van der Waals surface area contributed by atoms with E-state index >= 15 is 0 Å². The van der Waals surface area contributed by atoms with Gasteiger partial charge in [-0.15, -0.1) is 0 Å². The van der Waals surface area contributed by atoms with Crippen molar-refractivity contribution < 1.29 is 4.79 Å². The molecule has 0 bridgehead atoms. The normalized spacial score (nSPS) is 16.2. The molecule has 2 aromatic carbocycles. The maximum atomic E-state index is 13.8. The van der Waals surface area contributed by atoms with Gasteiger partial charge in [-0.1, -0.05) is 75.1 Å². The molecule has 1 aromatic heterocycles. The monoisotopic (exact) mass is 540 g/mol. The summed E-state index contributed by atoms with van der Waals surface area (Å²) in [5.74, 6) is 1.09. The first-order valence-electron chi connectivity index (χ1n) is 13.9. The number of nitrogens with zero attached hydrogens (tertiary/aromatic N) is 3. The lowest BCUT2D eigenvalue weighted by molar-refractivity contribution is -0.119. The number of fused-ring (bicyclic) bond motifs is 1. The van der Waals surface area contributed by atoms with E-state index in [2.05, 4.69) is 72.6 Å². The first kappa shape index (κ1) is 28.7. The standard InChI is InChI=1S/C33H40N4OS/c1-5-7-16-29(12-6-2)39-35-31-17-11-15-27-18-19-28(23-30(27)31)37(24-32-34-20-21-36(32)4)33(38)22-25(3)26-13-9-8-10-14-26/h5,7-10,12-14,16,18-21,23,25,31,35H,1,6,11,15,17,22,24H2,2-4H3/b16-7-,29-12+/t25-,31?/m0/s1. The molecule has 2 atom stereocenters. The molecule has 0 radical (unpaired) electrons. The largest absolute Gasteiger partial charge is 0.337 e. The van der Waals surface area contributed by atoms with Crippen molar-refractivity contribution in [1.29, 1.82) is 0 Å². The highest BCUT2D eigenvalue weighted by atomic mass is 32.2. The van der Waals surface area contributed by atoms with Crippen molar-refractivity contribution >= 4 is 23.5 Å². The van der Waals surface area contributed by atoms with Crippen LogP contribution in [-0.2, 0) is 24.8 Å². The molecule has 0 saturated heterocycles. The summed E-state index contributed by atoms with van der Waals surface area (Å²) < 4.78 is 5.70. The van der Waals surface area contributed by atoms with Gasteiger partial charge in [0.15, 0.2) is 0 Å². The minimum Gasteiger partial charge on any atom is -0.337 e. The molecule has 1 aliphatic rings.